The molecule has 0 spiro atoms. The quantitative estimate of drug-likeness (QED) is 0.669. The van der Waals surface area contributed by atoms with Crippen LogP contribution in [0.1, 0.15) is 21.5 Å². The van der Waals surface area contributed by atoms with E-state index in [-0.39, 0.29) is 23.4 Å². The summed E-state index contributed by atoms with van der Waals surface area (Å²) >= 11 is 0. The molecule has 0 saturated heterocycles. The van der Waals surface area contributed by atoms with E-state index in [0.29, 0.717) is 11.1 Å². The molecule has 0 radical (unpaired) electrons. The van der Waals surface area contributed by atoms with E-state index in [1.807, 2.05) is 0 Å². The van der Waals surface area contributed by atoms with Gasteiger partial charge >= 0.3 is 5.97 Å². The lowest BCUT2D eigenvalue weighted by molar-refractivity contribution is -0.385. The van der Waals surface area contributed by atoms with Crippen molar-refractivity contribution in [2.45, 2.75) is 6.42 Å². The summed E-state index contributed by atoms with van der Waals surface area (Å²) in [6, 6.07) is 9.29. The van der Waals surface area contributed by atoms with Gasteiger partial charge < -0.3 is 5.11 Å². The molecular formula is C14H10N2O6. The lowest BCUT2D eigenvalue weighted by Gasteiger charge is -2.06. The number of nitro benzene ring substituents is 2. The molecule has 0 aliphatic carbocycles. The molecule has 2 rings (SSSR count). The predicted molar refractivity (Wildman–Crippen MR) is 76.0 cm³/mol. The Bertz CT molecular complexity index is 754. The molecule has 0 unspecified atom stereocenters. The molecule has 0 heterocycles. The van der Waals surface area contributed by atoms with Gasteiger partial charge in [0.25, 0.3) is 11.4 Å². The molecule has 0 saturated carbocycles. The monoisotopic (exact) mass is 302 g/mol. The van der Waals surface area contributed by atoms with E-state index in [2.05, 4.69) is 0 Å². The Hall–Kier alpha value is -3.29. The normalized spacial score (nSPS) is 10.2. The highest BCUT2D eigenvalue weighted by atomic mass is 16.6. The van der Waals surface area contributed by atoms with Gasteiger partial charge in [-0.1, -0.05) is 18.2 Å². The topological polar surface area (TPSA) is 124 Å². The van der Waals surface area contributed by atoms with Crippen LogP contribution < -0.4 is 0 Å². The molecule has 0 aromatic heterocycles. The first-order chi connectivity index (χ1) is 10.4. The fourth-order valence-electron chi connectivity index (χ4n) is 1.99. The van der Waals surface area contributed by atoms with Crippen molar-refractivity contribution in [3.8, 4) is 0 Å². The number of nitrogens with zero attached hydrogens (tertiary/aromatic N) is 2. The number of carbonyl (C=O) groups is 1. The van der Waals surface area contributed by atoms with E-state index in [9.17, 15) is 25.0 Å². The molecular weight excluding hydrogens is 292 g/mol. The van der Waals surface area contributed by atoms with E-state index >= 15 is 0 Å². The third-order valence-corrected chi connectivity index (χ3v) is 3.08. The van der Waals surface area contributed by atoms with Gasteiger partial charge in [-0.2, -0.15) is 0 Å². The zero-order chi connectivity index (χ0) is 16.3. The summed E-state index contributed by atoms with van der Waals surface area (Å²) in [7, 11) is 0. The van der Waals surface area contributed by atoms with Crippen molar-refractivity contribution in [3.05, 3.63) is 79.4 Å². The van der Waals surface area contributed by atoms with Crippen LogP contribution in [-0.2, 0) is 6.42 Å². The minimum absolute atomic E-state index is 0.0640. The summed E-state index contributed by atoms with van der Waals surface area (Å²) in [5, 5.41) is 30.4. The molecule has 0 aliphatic heterocycles. The Morgan fingerprint density at radius 2 is 1.50 bits per heavy atom. The van der Waals surface area contributed by atoms with Gasteiger partial charge in [-0.15, -0.1) is 0 Å². The van der Waals surface area contributed by atoms with Crippen molar-refractivity contribution in [3.63, 3.8) is 0 Å². The number of hydrogen-bond acceptors (Lipinski definition) is 5. The van der Waals surface area contributed by atoms with Gasteiger partial charge in [0.1, 0.15) is 0 Å². The molecule has 22 heavy (non-hydrogen) atoms. The minimum Gasteiger partial charge on any atom is -0.478 e. The second-order valence-electron chi connectivity index (χ2n) is 4.50. The Morgan fingerprint density at radius 1 is 0.955 bits per heavy atom. The Morgan fingerprint density at radius 3 is 2.00 bits per heavy atom. The van der Waals surface area contributed by atoms with Crippen molar-refractivity contribution >= 4 is 17.3 Å². The zero-order valence-corrected chi connectivity index (χ0v) is 11.1. The molecule has 0 bridgehead atoms. The van der Waals surface area contributed by atoms with Crippen LogP contribution in [0.4, 0.5) is 11.4 Å². The van der Waals surface area contributed by atoms with E-state index in [1.165, 1.54) is 36.4 Å². The van der Waals surface area contributed by atoms with Crippen LogP contribution in [0, 0.1) is 20.2 Å². The molecule has 1 N–H and O–H groups in total. The van der Waals surface area contributed by atoms with Crippen LogP contribution in [-0.4, -0.2) is 20.9 Å². The van der Waals surface area contributed by atoms with E-state index in [1.54, 1.807) is 0 Å². The number of non-ortho nitro benzene ring substituents is 2. The molecule has 2 aromatic carbocycles. The molecule has 2 aromatic rings. The van der Waals surface area contributed by atoms with Crippen molar-refractivity contribution in [1.29, 1.82) is 0 Å². The third-order valence-electron chi connectivity index (χ3n) is 3.08. The van der Waals surface area contributed by atoms with Crippen LogP contribution >= 0.6 is 0 Å². The van der Waals surface area contributed by atoms with Crippen molar-refractivity contribution in [1.82, 2.24) is 0 Å². The second-order valence-corrected chi connectivity index (χ2v) is 4.50. The first-order valence-electron chi connectivity index (χ1n) is 6.12. The smallest absolute Gasteiger partial charge is 0.336 e. The van der Waals surface area contributed by atoms with Gasteiger partial charge in [0.05, 0.1) is 15.4 Å². The van der Waals surface area contributed by atoms with Crippen molar-refractivity contribution in [2.75, 3.05) is 0 Å². The third kappa shape index (κ3) is 3.23. The molecule has 8 heteroatoms. The van der Waals surface area contributed by atoms with Gasteiger partial charge in [0.15, 0.2) is 0 Å². The number of benzene rings is 2. The van der Waals surface area contributed by atoms with Crippen molar-refractivity contribution < 1.29 is 19.7 Å². The summed E-state index contributed by atoms with van der Waals surface area (Å²) in [6.45, 7) is 0. The molecule has 0 fully saturated rings. The minimum atomic E-state index is -1.26. The van der Waals surface area contributed by atoms with Crippen molar-refractivity contribution in [2.24, 2.45) is 0 Å². The molecule has 0 atom stereocenters. The summed E-state index contributed by atoms with van der Waals surface area (Å²) in [5.41, 5.74) is 0.539. The molecule has 0 aliphatic rings. The van der Waals surface area contributed by atoms with Gasteiger partial charge in [-0.25, -0.2) is 4.79 Å². The standard InChI is InChI=1S/C14H10N2O6/c17-14(18)13-8-12(16(21)22)6-3-10(13)7-9-1-4-11(5-2-9)15(19)20/h1-6,8H,7H2,(H,17,18). The molecule has 0 amide bonds. The average Bonchev–Trinajstić information content (AvgIpc) is 2.47. The molecule has 8 nitrogen and oxygen atoms in total. The number of nitro groups is 2. The molecule has 112 valence electrons. The van der Waals surface area contributed by atoms with Crippen LogP contribution in [0.3, 0.4) is 0 Å². The maximum Gasteiger partial charge on any atom is 0.336 e. The highest BCUT2D eigenvalue weighted by Crippen LogP contribution is 2.22. The highest BCUT2D eigenvalue weighted by Gasteiger charge is 2.16. The number of carboxylic acid groups (broad SMARTS) is 1. The predicted octanol–water partition coefficient (Wildman–Crippen LogP) is 2.79. The number of aromatic carboxylic acids is 1. The Balaban J connectivity index is 2.34. The lowest BCUT2D eigenvalue weighted by atomic mass is 9.99. The summed E-state index contributed by atoms with van der Waals surface area (Å²) < 4.78 is 0. The maximum absolute atomic E-state index is 11.2. The van der Waals surface area contributed by atoms with E-state index < -0.39 is 15.8 Å². The van der Waals surface area contributed by atoms with Gasteiger partial charge in [0, 0.05) is 24.3 Å². The number of carboxylic acids is 1. The van der Waals surface area contributed by atoms with Crippen LogP contribution in [0.5, 0.6) is 0 Å². The van der Waals surface area contributed by atoms with Gasteiger partial charge in [-0.3, -0.25) is 20.2 Å². The first kappa shape index (κ1) is 15.1. The summed E-state index contributed by atoms with van der Waals surface area (Å²) in [6.07, 6.45) is 0.206. The Labute approximate surface area is 123 Å². The second kappa shape index (κ2) is 6.00. The number of hydrogen-bond donors (Lipinski definition) is 1. The van der Waals surface area contributed by atoms with Gasteiger partial charge in [-0.05, 0) is 17.5 Å². The maximum atomic E-state index is 11.2. The summed E-state index contributed by atoms with van der Waals surface area (Å²) in [5.74, 6) is -1.26. The van der Waals surface area contributed by atoms with Crippen LogP contribution in [0.15, 0.2) is 42.5 Å². The Kier molecular flexibility index (Phi) is 4.12. The summed E-state index contributed by atoms with van der Waals surface area (Å²) in [4.78, 5) is 31.3. The fourth-order valence-corrected chi connectivity index (χ4v) is 1.99. The lowest BCUT2D eigenvalue weighted by Crippen LogP contribution is -2.04. The van der Waals surface area contributed by atoms with E-state index in [4.69, 9.17) is 5.11 Å². The van der Waals surface area contributed by atoms with Crippen LogP contribution in [0.25, 0.3) is 0 Å². The van der Waals surface area contributed by atoms with E-state index in [0.717, 1.165) is 6.07 Å². The van der Waals surface area contributed by atoms with Crippen LogP contribution in [0.2, 0.25) is 0 Å². The zero-order valence-electron chi connectivity index (χ0n) is 11.1. The fraction of sp³-hybridized carbons (Fsp3) is 0.0714. The largest absolute Gasteiger partial charge is 0.478 e. The van der Waals surface area contributed by atoms with Gasteiger partial charge in [0.2, 0.25) is 0 Å². The number of rotatable bonds is 5. The highest BCUT2D eigenvalue weighted by molar-refractivity contribution is 5.90. The first-order valence-corrected chi connectivity index (χ1v) is 6.12. The SMILES string of the molecule is O=C(O)c1cc([N+](=O)[O-])ccc1Cc1ccc([N+](=O)[O-])cc1. The average molecular weight is 302 g/mol.